The fourth-order valence-electron chi connectivity index (χ4n) is 2.43. The van der Waals surface area contributed by atoms with Gasteiger partial charge in [0.1, 0.15) is 5.69 Å². The van der Waals surface area contributed by atoms with Crippen LogP contribution in [-0.2, 0) is 9.84 Å². The van der Waals surface area contributed by atoms with Crippen LogP contribution in [0, 0.1) is 0 Å². The molecular formula is C15H23N3O3S. The van der Waals surface area contributed by atoms with Gasteiger partial charge < -0.3 is 10.6 Å². The van der Waals surface area contributed by atoms with Gasteiger partial charge in [-0.25, -0.2) is 13.4 Å². The highest BCUT2D eigenvalue weighted by atomic mass is 32.2. The topological polar surface area (TPSA) is 88.2 Å². The molecule has 0 aliphatic carbocycles. The summed E-state index contributed by atoms with van der Waals surface area (Å²) >= 11 is 0. The van der Waals surface area contributed by atoms with Gasteiger partial charge in [0.05, 0.1) is 23.4 Å². The number of aromatic nitrogens is 1. The van der Waals surface area contributed by atoms with E-state index < -0.39 is 9.84 Å². The van der Waals surface area contributed by atoms with Gasteiger partial charge >= 0.3 is 0 Å². The molecule has 2 N–H and O–H groups in total. The molecule has 1 saturated heterocycles. The standard InChI is InChI=1S/C15H23N3O3S/c1-2-3-4-8-16-15(19)14-6-5-12(10-17-14)18-13-7-9-22(20,21)11-13/h5-6,10,13,18H,2-4,7-9,11H2,1H3,(H,16,19). The zero-order valence-corrected chi connectivity index (χ0v) is 13.7. The molecule has 1 aliphatic heterocycles. The molecule has 1 amide bonds. The highest BCUT2D eigenvalue weighted by Gasteiger charge is 2.27. The number of hydrogen-bond acceptors (Lipinski definition) is 5. The molecule has 122 valence electrons. The van der Waals surface area contributed by atoms with E-state index in [1.54, 1.807) is 18.3 Å². The number of carbonyl (C=O) groups is 1. The van der Waals surface area contributed by atoms with E-state index in [-0.39, 0.29) is 23.5 Å². The molecule has 1 unspecified atom stereocenters. The van der Waals surface area contributed by atoms with E-state index >= 15 is 0 Å². The Morgan fingerprint density at radius 2 is 2.18 bits per heavy atom. The summed E-state index contributed by atoms with van der Waals surface area (Å²) in [5.74, 6) is 0.217. The van der Waals surface area contributed by atoms with Crippen LogP contribution in [0.25, 0.3) is 0 Å². The van der Waals surface area contributed by atoms with Gasteiger partial charge in [0, 0.05) is 12.6 Å². The number of nitrogens with one attached hydrogen (secondary N) is 2. The molecule has 0 radical (unpaired) electrons. The number of carbonyl (C=O) groups excluding carboxylic acids is 1. The van der Waals surface area contributed by atoms with E-state index in [2.05, 4.69) is 22.5 Å². The summed E-state index contributed by atoms with van der Waals surface area (Å²) < 4.78 is 22.8. The highest BCUT2D eigenvalue weighted by molar-refractivity contribution is 7.91. The maximum absolute atomic E-state index is 11.9. The van der Waals surface area contributed by atoms with Gasteiger partial charge in [-0.2, -0.15) is 0 Å². The maximum atomic E-state index is 11.9. The molecule has 22 heavy (non-hydrogen) atoms. The summed E-state index contributed by atoms with van der Waals surface area (Å²) in [5.41, 5.74) is 1.12. The van der Waals surface area contributed by atoms with Gasteiger partial charge in [0.25, 0.3) is 5.91 Å². The lowest BCUT2D eigenvalue weighted by molar-refractivity contribution is 0.0948. The number of hydrogen-bond donors (Lipinski definition) is 2. The Kier molecular flexibility index (Phi) is 5.76. The van der Waals surface area contributed by atoms with Crippen LogP contribution >= 0.6 is 0 Å². The van der Waals surface area contributed by atoms with Crippen molar-refractivity contribution >= 4 is 21.4 Å². The zero-order chi connectivity index (χ0) is 16.0. The molecule has 1 aromatic rings. The molecule has 0 bridgehead atoms. The highest BCUT2D eigenvalue weighted by Crippen LogP contribution is 2.17. The minimum atomic E-state index is -2.90. The Morgan fingerprint density at radius 3 is 2.77 bits per heavy atom. The van der Waals surface area contributed by atoms with Crippen molar-refractivity contribution in [1.29, 1.82) is 0 Å². The van der Waals surface area contributed by atoms with Crippen molar-refractivity contribution in [3.63, 3.8) is 0 Å². The molecule has 0 saturated carbocycles. The summed E-state index contributed by atoms with van der Waals surface area (Å²) in [7, 11) is -2.90. The van der Waals surface area contributed by atoms with Crippen LogP contribution in [0.4, 0.5) is 5.69 Å². The summed E-state index contributed by atoms with van der Waals surface area (Å²) in [6.45, 7) is 2.78. The Labute approximate surface area is 131 Å². The van der Waals surface area contributed by atoms with Crippen molar-refractivity contribution < 1.29 is 13.2 Å². The van der Waals surface area contributed by atoms with E-state index in [1.165, 1.54) is 0 Å². The predicted octanol–water partition coefficient (Wildman–Crippen LogP) is 1.60. The number of sulfone groups is 1. The third-order valence-electron chi connectivity index (χ3n) is 3.67. The third kappa shape index (κ3) is 4.98. The molecule has 1 fully saturated rings. The Balaban J connectivity index is 1.83. The van der Waals surface area contributed by atoms with Crippen LogP contribution in [0.3, 0.4) is 0 Å². The number of amides is 1. The normalized spacial score (nSPS) is 19.8. The van der Waals surface area contributed by atoms with Crippen molar-refractivity contribution in [3.8, 4) is 0 Å². The number of nitrogens with zero attached hydrogens (tertiary/aromatic N) is 1. The van der Waals surface area contributed by atoms with E-state index in [0.717, 1.165) is 24.9 Å². The minimum Gasteiger partial charge on any atom is -0.380 e. The fraction of sp³-hybridized carbons (Fsp3) is 0.600. The largest absolute Gasteiger partial charge is 0.380 e. The summed E-state index contributed by atoms with van der Waals surface area (Å²) in [6, 6.07) is 3.35. The fourth-order valence-corrected chi connectivity index (χ4v) is 4.10. The monoisotopic (exact) mass is 325 g/mol. The molecule has 2 rings (SSSR count). The number of anilines is 1. The molecule has 2 heterocycles. The number of pyridine rings is 1. The third-order valence-corrected chi connectivity index (χ3v) is 5.43. The van der Waals surface area contributed by atoms with Gasteiger partial charge in [-0.1, -0.05) is 19.8 Å². The first-order valence-corrected chi connectivity index (χ1v) is 9.53. The molecule has 1 aliphatic rings. The van der Waals surface area contributed by atoms with E-state index in [9.17, 15) is 13.2 Å². The number of unbranched alkanes of at least 4 members (excludes halogenated alkanes) is 2. The van der Waals surface area contributed by atoms with Gasteiger partial charge in [-0.3, -0.25) is 4.79 Å². The van der Waals surface area contributed by atoms with Crippen LogP contribution in [0.2, 0.25) is 0 Å². The van der Waals surface area contributed by atoms with Crippen molar-refractivity contribution in [2.75, 3.05) is 23.4 Å². The second-order valence-electron chi connectivity index (χ2n) is 5.64. The molecule has 0 spiro atoms. The zero-order valence-electron chi connectivity index (χ0n) is 12.8. The Morgan fingerprint density at radius 1 is 1.36 bits per heavy atom. The van der Waals surface area contributed by atoms with Gasteiger partial charge in [-0.05, 0) is 25.0 Å². The lowest BCUT2D eigenvalue weighted by Crippen LogP contribution is -2.25. The maximum Gasteiger partial charge on any atom is 0.269 e. The molecular weight excluding hydrogens is 302 g/mol. The Bertz CT molecular complexity index is 599. The van der Waals surface area contributed by atoms with Crippen LogP contribution < -0.4 is 10.6 Å². The van der Waals surface area contributed by atoms with Crippen molar-refractivity contribution in [2.24, 2.45) is 0 Å². The second kappa shape index (κ2) is 7.58. The van der Waals surface area contributed by atoms with Crippen LogP contribution in [0.1, 0.15) is 43.1 Å². The molecule has 0 aromatic carbocycles. The summed E-state index contributed by atoms with van der Waals surface area (Å²) in [4.78, 5) is 16.0. The van der Waals surface area contributed by atoms with Gasteiger partial charge in [-0.15, -0.1) is 0 Å². The predicted molar refractivity (Wildman–Crippen MR) is 86.8 cm³/mol. The first-order valence-electron chi connectivity index (χ1n) is 7.71. The minimum absolute atomic E-state index is 0.0690. The lowest BCUT2D eigenvalue weighted by Gasteiger charge is -2.12. The quantitative estimate of drug-likeness (QED) is 0.744. The average Bonchev–Trinajstić information content (AvgIpc) is 2.83. The number of rotatable bonds is 7. The first-order chi connectivity index (χ1) is 10.5. The van der Waals surface area contributed by atoms with E-state index in [0.29, 0.717) is 18.7 Å². The Hall–Kier alpha value is -1.63. The van der Waals surface area contributed by atoms with E-state index in [1.807, 2.05) is 0 Å². The molecule has 7 heteroatoms. The van der Waals surface area contributed by atoms with Crippen molar-refractivity contribution in [3.05, 3.63) is 24.0 Å². The average molecular weight is 325 g/mol. The summed E-state index contributed by atoms with van der Waals surface area (Å²) in [6.07, 6.45) is 5.37. The van der Waals surface area contributed by atoms with Gasteiger partial charge in [0.2, 0.25) is 0 Å². The summed E-state index contributed by atoms with van der Waals surface area (Å²) in [5, 5.41) is 5.99. The smallest absolute Gasteiger partial charge is 0.269 e. The van der Waals surface area contributed by atoms with Crippen LogP contribution in [-0.4, -0.2) is 43.4 Å². The van der Waals surface area contributed by atoms with Crippen LogP contribution in [0.5, 0.6) is 0 Å². The molecule has 6 nitrogen and oxygen atoms in total. The van der Waals surface area contributed by atoms with E-state index in [4.69, 9.17) is 0 Å². The molecule has 1 atom stereocenters. The second-order valence-corrected chi connectivity index (χ2v) is 7.87. The lowest BCUT2D eigenvalue weighted by atomic mass is 10.2. The van der Waals surface area contributed by atoms with Crippen molar-refractivity contribution in [2.45, 2.75) is 38.6 Å². The molecule has 1 aromatic heterocycles. The van der Waals surface area contributed by atoms with Crippen LogP contribution in [0.15, 0.2) is 18.3 Å². The van der Waals surface area contributed by atoms with Gasteiger partial charge in [0.15, 0.2) is 9.84 Å². The van der Waals surface area contributed by atoms with Crippen molar-refractivity contribution in [1.82, 2.24) is 10.3 Å². The SMILES string of the molecule is CCCCCNC(=O)c1ccc(NC2CCS(=O)(=O)C2)cn1. The first kappa shape index (κ1) is 16.7.